The average molecular weight is 213 g/mol. The second-order valence-corrected chi connectivity index (χ2v) is 5.63. The smallest absolute Gasteiger partial charge is 0.00952 e. The van der Waals surface area contributed by atoms with Gasteiger partial charge in [0.15, 0.2) is 0 Å². The normalized spacial score (nSPS) is 16.0. The monoisotopic (exact) mass is 213 g/mol. The van der Waals surface area contributed by atoms with Crippen molar-refractivity contribution in [1.29, 1.82) is 0 Å². The fourth-order valence-corrected chi connectivity index (χ4v) is 1.86. The Balaban J connectivity index is 4.04. The van der Waals surface area contributed by atoms with E-state index in [-0.39, 0.29) is 0 Å². The van der Waals surface area contributed by atoms with Gasteiger partial charge in [0.2, 0.25) is 0 Å². The second-order valence-electron chi connectivity index (χ2n) is 5.63. The van der Waals surface area contributed by atoms with Crippen LogP contribution in [0, 0.1) is 17.8 Å². The summed E-state index contributed by atoms with van der Waals surface area (Å²) in [6.07, 6.45) is 3.92. The van der Waals surface area contributed by atoms with E-state index in [9.17, 15) is 0 Å². The second kappa shape index (κ2) is 8.15. The lowest BCUT2D eigenvalue weighted by Gasteiger charge is -2.28. The summed E-state index contributed by atoms with van der Waals surface area (Å²) in [5.41, 5.74) is 0. The summed E-state index contributed by atoms with van der Waals surface area (Å²) < 4.78 is 0. The zero-order valence-electron chi connectivity index (χ0n) is 11.6. The zero-order chi connectivity index (χ0) is 11.8. The molecule has 0 rings (SSSR count). The highest BCUT2D eigenvalue weighted by Crippen LogP contribution is 2.20. The molecule has 0 heterocycles. The van der Waals surface area contributed by atoms with Crippen molar-refractivity contribution in [2.24, 2.45) is 17.8 Å². The lowest BCUT2D eigenvalue weighted by Crippen LogP contribution is -2.38. The van der Waals surface area contributed by atoms with Gasteiger partial charge in [0.05, 0.1) is 0 Å². The highest BCUT2D eigenvalue weighted by atomic mass is 14.9. The minimum atomic E-state index is 0.715. The van der Waals surface area contributed by atoms with Crippen molar-refractivity contribution in [3.63, 3.8) is 0 Å². The predicted molar refractivity (Wildman–Crippen MR) is 70.2 cm³/mol. The summed E-state index contributed by atoms with van der Waals surface area (Å²) in [5, 5.41) is 3.71. The standard InChI is InChI=1S/C14H31N/c1-7-10-15-14(9-8-11(2)3)13(6)12(4)5/h11-15H,7-10H2,1-6H3. The van der Waals surface area contributed by atoms with Crippen LogP contribution in [0.2, 0.25) is 0 Å². The van der Waals surface area contributed by atoms with Crippen molar-refractivity contribution in [2.45, 2.75) is 66.8 Å². The Morgan fingerprint density at radius 1 is 0.933 bits per heavy atom. The van der Waals surface area contributed by atoms with E-state index in [0.717, 1.165) is 17.8 Å². The van der Waals surface area contributed by atoms with Crippen LogP contribution in [0.1, 0.15) is 60.8 Å². The maximum absolute atomic E-state index is 3.71. The Labute approximate surface area is 97.0 Å². The van der Waals surface area contributed by atoms with Crippen LogP contribution in [0.3, 0.4) is 0 Å². The van der Waals surface area contributed by atoms with E-state index in [2.05, 4.69) is 46.9 Å². The molecule has 92 valence electrons. The maximum atomic E-state index is 3.71. The summed E-state index contributed by atoms with van der Waals surface area (Å²) in [5.74, 6) is 2.40. The van der Waals surface area contributed by atoms with E-state index in [1.807, 2.05) is 0 Å². The molecular weight excluding hydrogens is 182 g/mol. The SMILES string of the molecule is CCCNC(CCC(C)C)C(C)C(C)C. The van der Waals surface area contributed by atoms with Crippen molar-refractivity contribution >= 4 is 0 Å². The third kappa shape index (κ3) is 6.94. The quantitative estimate of drug-likeness (QED) is 0.640. The molecule has 15 heavy (non-hydrogen) atoms. The van der Waals surface area contributed by atoms with Gasteiger partial charge in [-0.05, 0) is 43.6 Å². The Bertz CT molecular complexity index is 140. The first-order valence-electron chi connectivity index (χ1n) is 6.72. The molecule has 0 bridgehead atoms. The zero-order valence-corrected chi connectivity index (χ0v) is 11.6. The van der Waals surface area contributed by atoms with Crippen LogP contribution in [0.4, 0.5) is 0 Å². The van der Waals surface area contributed by atoms with Gasteiger partial charge >= 0.3 is 0 Å². The van der Waals surface area contributed by atoms with Crippen molar-refractivity contribution in [2.75, 3.05) is 6.54 Å². The van der Waals surface area contributed by atoms with Crippen molar-refractivity contribution in [3.8, 4) is 0 Å². The lowest BCUT2D eigenvalue weighted by molar-refractivity contribution is 0.273. The highest BCUT2D eigenvalue weighted by molar-refractivity contribution is 4.75. The van der Waals surface area contributed by atoms with Crippen LogP contribution >= 0.6 is 0 Å². The molecule has 2 atom stereocenters. The first kappa shape index (κ1) is 15.0. The third-order valence-corrected chi connectivity index (χ3v) is 3.40. The maximum Gasteiger partial charge on any atom is 0.00952 e. The molecule has 0 aliphatic rings. The predicted octanol–water partition coefficient (Wildman–Crippen LogP) is 4.08. The van der Waals surface area contributed by atoms with Gasteiger partial charge in [0.1, 0.15) is 0 Å². The van der Waals surface area contributed by atoms with E-state index in [0.29, 0.717) is 6.04 Å². The Morgan fingerprint density at radius 2 is 1.53 bits per heavy atom. The number of hydrogen-bond donors (Lipinski definition) is 1. The van der Waals surface area contributed by atoms with Gasteiger partial charge in [-0.15, -0.1) is 0 Å². The van der Waals surface area contributed by atoms with Gasteiger partial charge < -0.3 is 5.32 Å². The molecule has 0 aromatic carbocycles. The number of nitrogens with one attached hydrogen (secondary N) is 1. The fourth-order valence-electron chi connectivity index (χ4n) is 1.86. The topological polar surface area (TPSA) is 12.0 Å². The molecule has 0 aromatic rings. The van der Waals surface area contributed by atoms with Gasteiger partial charge in [-0.25, -0.2) is 0 Å². The molecule has 0 spiro atoms. The van der Waals surface area contributed by atoms with Crippen molar-refractivity contribution in [3.05, 3.63) is 0 Å². The number of hydrogen-bond acceptors (Lipinski definition) is 1. The van der Waals surface area contributed by atoms with E-state index in [1.54, 1.807) is 0 Å². The van der Waals surface area contributed by atoms with Gasteiger partial charge in [-0.1, -0.05) is 41.5 Å². The van der Waals surface area contributed by atoms with Gasteiger partial charge in [0.25, 0.3) is 0 Å². The molecule has 2 unspecified atom stereocenters. The molecule has 0 fully saturated rings. The summed E-state index contributed by atoms with van der Waals surface area (Å²) in [6, 6.07) is 0.715. The average Bonchev–Trinajstić information content (AvgIpc) is 2.16. The summed E-state index contributed by atoms with van der Waals surface area (Å²) in [6.45, 7) is 15.1. The van der Waals surface area contributed by atoms with Crippen LogP contribution in [-0.4, -0.2) is 12.6 Å². The van der Waals surface area contributed by atoms with E-state index in [4.69, 9.17) is 0 Å². The fraction of sp³-hybridized carbons (Fsp3) is 1.00. The van der Waals surface area contributed by atoms with Crippen LogP contribution in [0.5, 0.6) is 0 Å². The highest BCUT2D eigenvalue weighted by Gasteiger charge is 2.19. The van der Waals surface area contributed by atoms with Gasteiger partial charge in [0, 0.05) is 6.04 Å². The number of rotatable bonds is 8. The van der Waals surface area contributed by atoms with Crippen molar-refractivity contribution in [1.82, 2.24) is 5.32 Å². The van der Waals surface area contributed by atoms with E-state index >= 15 is 0 Å². The molecule has 0 saturated heterocycles. The summed E-state index contributed by atoms with van der Waals surface area (Å²) in [4.78, 5) is 0. The molecule has 0 saturated carbocycles. The largest absolute Gasteiger partial charge is 0.314 e. The molecule has 0 aliphatic heterocycles. The first-order chi connectivity index (χ1) is 6.99. The summed E-state index contributed by atoms with van der Waals surface area (Å²) in [7, 11) is 0. The minimum Gasteiger partial charge on any atom is -0.314 e. The Morgan fingerprint density at radius 3 is 1.93 bits per heavy atom. The van der Waals surface area contributed by atoms with Crippen molar-refractivity contribution < 1.29 is 0 Å². The first-order valence-corrected chi connectivity index (χ1v) is 6.72. The summed E-state index contributed by atoms with van der Waals surface area (Å²) >= 11 is 0. The Hall–Kier alpha value is -0.0400. The lowest BCUT2D eigenvalue weighted by atomic mass is 9.86. The molecule has 0 aliphatic carbocycles. The minimum absolute atomic E-state index is 0.715. The molecule has 0 aromatic heterocycles. The third-order valence-electron chi connectivity index (χ3n) is 3.40. The van der Waals surface area contributed by atoms with Crippen LogP contribution < -0.4 is 5.32 Å². The van der Waals surface area contributed by atoms with Crippen LogP contribution in [0.25, 0.3) is 0 Å². The molecule has 1 heteroatoms. The van der Waals surface area contributed by atoms with Gasteiger partial charge in [-0.2, -0.15) is 0 Å². The van der Waals surface area contributed by atoms with Crippen LogP contribution in [0.15, 0.2) is 0 Å². The molecule has 0 radical (unpaired) electrons. The molecule has 0 amide bonds. The van der Waals surface area contributed by atoms with E-state index in [1.165, 1.54) is 25.8 Å². The molecule has 1 N–H and O–H groups in total. The Kier molecular flexibility index (Phi) is 8.13. The van der Waals surface area contributed by atoms with Gasteiger partial charge in [-0.3, -0.25) is 0 Å². The molecule has 1 nitrogen and oxygen atoms in total. The molecular formula is C14H31N. The van der Waals surface area contributed by atoms with Crippen LogP contribution in [-0.2, 0) is 0 Å². The van der Waals surface area contributed by atoms with E-state index < -0.39 is 0 Å².